The van der Waals surface area contributed by atoms with E-state index in [2.05, 4.69) is 4.99 Å². The van der Waals surface area contributed by atoms with Gasteiger partial charge in [-0.3, -0.25) is 19.5 Å². The Hall–Kier alpha value is -5.43. The largest absolute Gasteiger partial charge is 0.493 e. The van der Waals surface area contributed by atoms with Crippen molar-refractivity contribution in [1.29, 1.82) is 0 Å². The molecule has 48 heavy (non-hydrogen) atoms. The minimum atomic E-state index is -0.928. The van der Waals surface area contributed by atoms with Crippen molar-refractivity contribution in [3.8, 4) is 23.0 Å². The molecular weight excluding hydrogens is 638 g/mol. The van der Waals surface area contributed by atoms with E-state index in [4.69, 9.17) is 23.7 Å². The number of nitro benzene ring substituents is 1. The van der Waals surface area contributed by atoms with Crippen molar-refractivity contribution in [2.24, 2.45) is 4.99 Å². The van der Waals surface area contributed by atoms with E-state index in [1.807, 2.05) is 44.2 Å². The van der Waals surface area contributed by atoms with Gasteiger partial charge in [-0.2, -0.15) is 0 Å². The van der Waals surface area contributed by atoms with Gasteiger partial charge in [0.1, 0.15) is 6.61 Å². The van der Waals surface area contributed by atoms with Crippen LogP contribution >= 0.6 is 11.3 Å². The molecule has 1 aliphatic heterocycles. The van der Waals surface area contributed by atoms with Crippen LogP contribution in [0.3, 0.4) is 0 Å². The first-order valence-electron chi connectivity index (χ1n) is 15.1. The first kappa shape index (κ1) is 33.9. The normalized spacial score (nSPS) is 14.3. The fourth-order valence-electron chi connectivity index (χ4n) is 5.30. The van der Waals surface area contributed by atoms with Gasteiger partial charge in [-0.25, -0.2) is 9.79 Å². The minimum absolute atomic E-state index is 0.119. The topological polar surface area (TPSA) is 141 Å². The third-order valence-corrected chi connectivity index (χ3v) is 8.40. The lowest BCUT2D eigenvalue weighted by Gasteiger charge is -2.25. The Morgan fingerprint density at radius 2 is 1.75 bits per heavy atom. The van der Waals surface area contributed by atoms with Gasteiger partial charge in [-0.1, -0.05) is 47.7 Å². The molecule has 0 saturated heterocycles. The van der Waals surface area contributed by atoms with Gasteiger partial charge in [-0.05, 0) is 63.1 Å². The third kappa shape index (κ3) is 6.95. The number of rotatable bonds is 12. The lowest BCUT2D eigenvalue weighted by atomic mass is 9.95. The van der Waals surface area contributed by atoms with Gasteiger partial charge in [0.05, 0.1) is 65.3 Å². The smallest absolute Gasteiger partial charge is 0.338 e. The summed E-state index contributed by atoms with van der Waals surface area (Å²) in [6.45, 7) is 7.44. The van der Waals surface area contributed by atoms with E-state index in [-0.39, 0.29) is 52.2 Å². The van der Waals surface area contributed by atoms with Gasteiger partial charge < -0.3 is 23.7 Å². The van der Waals surface area contributed by atoms with Crippen LogP contribution in [0.5, 0.6) is 23.0 Å². The molecule has 0 N–H and O–H groups in total. The van der Waals surface area contributed by atoms with Crippen molar-refractivity contribution in [1.82, 2.24) is 4.57 Å². The van der Waals surface area contributed by atoms with Crippen LogP contribution in [0.1, 0.15) is 50.4 Å². The summed E-state index contributed by atoms with van der Waals surface area (Å²) in [6.07, 6.45) is 1.30. The Morgan fingerprint density at radius 3 is 2.40 bits per heavy atom. The number of thiazole rings is 1. The summed E-state index contributed by atoms with van der Waals surface area (Å²) in [5, 5.41) is 12.2. The van der Waals surface area contributed by atoms with Crippen LogP contribution < -0.4 is 33.8 Å². The number of methoxy groups -OCH3 is 2. The summed E-state index contributed by atoms with van der Waals surface area (Å²) in [7, 11) is 2.93. The first-order chi connectivity index (χ1) is 23.1. The molecule has 13 heteroatoms. The molecule has 4 aromatic rings. The number of ether oxygens (including phenoxy) is 5. The predicted molar refractivity (Wildman–Crippen MR) is 180 cm³/mol. The summed E-state index contributed by atoms with van der Waals surface area (Å²) < 4.78 is 29.8. The maximum absolute atomic E-state index is 14.2. The average Bonchev–Trinajstić information content (AvgIpc) is 3.37. The first-order valence-corrected chi connectivity index (χ1v) is 15.9. The number of nitrogens with zero attached hydrogens (tertiary/aromatic N) is 3. The van der Waals surface area contributed by atoms with Crippen LogP contribution in [-0.2, 0) is 16.1 Å². The Morgan fingerprint density at radius 1 is 1.04 bits per heavy atom. The summed E-state index contributed by atoms with van der Waals surface area (Å²) in [5.74, 6) is 0.730. The highest BCUT2D eigenvalue weighted by atomic mass is 32.1. The number of hydrogen-bond donors (Lipinski definition) is 0. The highest BCUT2D eigenvalue weighted by Gasteiger charge is 2.34. The van der Waals surface area contributed by atoms with Gasteiger partial charge >= 0.3 is 5.97 Å². The molecule has 12 nitrogen and oxygen atoms in total. The van der Waals surface area contributed by atoms with E-state index >= 15 is 0 Å². The number of esters is 1. The molecule has 0 amide bonds. The van der Waals surface area contributed by atoms with Crippen molar-refractivity contribution in [3.63, 3.8) is 0 Å². The second-order valence-electron chi connectivity index (χ2n) is 11.0. The number of carbonyl (C=O) groups is 1. The quantitative estimate of drug-likeness (QED) is 0.114. The molecule has 0 bridgehead atoms. The molecule has 1 aliphatic rings. The average molecular weight is 674 g/mol. The number of fused-ring (bicyclic) bond motifs is 1. The summed E-state index contributed by atoms with van der Waals surface area (Å²) >= 11 is 1.04. The summed E-state index contributed by atoms with van der Waals surface area (Å²) in [5.41, 5.74) is 1.33. The minimum Gasteiger partial charge on any atom is -0.493 e. The SMILES string of the molecule is CCOC(=O)C1=C(C)N=c2s/c(=C\c3cc(OC)c(OCc4ccccc4)cc3[N+](=O)[O-])c(=O)n2[C@@H]1c1ccc(OC(C)C)c(OC)c1. The molecular formula is C35H35N3O9S. The van der Waals surface area contributed by atoms with E-state index in [1.165, 1.54) is 37.0 Å². The number of benzene rings is 3. The number of allylic oxidation sites excluding steroid dienone is 1. The van der Waals surface area contributed by atoms with Gasteiger partial charge in [0.2, 0.25) is 0 Å². The molecule has 0 saturated carbocycles. The number of hydrogen-bond acceptors (Lipinski definition) is 11. The molecule has 0 spiro atoms. The van der Waals surface area contributed by atoms with Crippen LogP contribution in [-0.4, -0.2) is 42.4 Å². The predicted octanol–water partition coefficient (Wildman–Crippen LogP) is 5.09. The zero-order valence-corrected chi connectivity index (χ0v) is 28.2. The fraction of sp³-hybridized carbons (Fsp3) is 0.286. The Labute approximate surface area is 280 Å². The van der Waals surface area contributed by atoms with Crippen LogP contribution in [0.2, 0.25) is 0 Å². The van der Waals surface area contributed by atoms with Gasteiger partial charge in [0.25, 0.3) is 11.2 Å². The zero-order valence-electron chi connectivity index (χ0n) is 27.3. The van der Waals surface area contributed by atoms with Gasteiger partial charge in [0.15, 0.2) is 27.8 Å². The van der Waals surface area contributed by atoms with Crippen LogP contribution in [0.15, 0.2) is 81.7 Å². The van der Waals surface area contributed by atoms with Crippen LogP contribution in [0.25, 0.3) is 6.08 Å². The van der Waals surface area contributed by atoms with E-state index in [0.29, 0.717) is 27.6 Å². The Bertz CT molecular complexity index is 2070. The van der Waals surface area contributed by atoms with Crippen molar-refractivity contribution in [2.45, 2.75) is 46.4 Å². The van der Waals surface area contributed by atoms with Crippen molar-refractivity contribution >= 4 is 29.1 Å². The van der Waals surface area contributed by atoms with E-state index in [1.54, 1.807) is 32.0 Å². The van der Waals surface area contributed by atoms with Crippen molar-refractivity contribution in [3.05, 3.63) is 118 Å². The standard InChI is InChI=1S/C35H35N3O9S/c1-7-45-34(40)31-21(4)36-35-37(32(31)23-13-14-26(47-20(2)3)27(15-23)43-5)33(39)30(48-35)17-24-16-28(44-6)29(18-25(24)38(41)42)46-19-22-11-9-8-10-12-22/h8-18,20,32H,7,19H2,1-6H3/b30-17-/t32-/m1/s1. The molecule has 0 radical (unpaired) electrons. The maximum Gasteiger partial charge on any atom is 0.338 e. The zero-order chi connectivity index (χ0) is 34.5. The molecule has 0 aliphatic carbocycles. The Balaban J connectivity index is 1.66. The van der Waals surface area contributed by atoms with Crippen LogP contribution in [0, 0.1) is 10.1 Å². The van der Waals surface area contributed by atoms with Gasteiger partial charge in [0, 0.05) is 0 Å². The molecule has 3 aromatic carbocycles. The van der Waals surface area contributed by atoms with Gasteiger partial charge in [-0.15, -0.1) is 0 Å². The van der Waals surface area contributed by atoms with E-state index in [0.717, 1.165) is 16.9 Å². The Kier molecular flexibility index (Phi) is 10.3. The van der Waals surface area contributed by atoms with E-state index in [9.17, 15) is 19.7 Å². The third-order valence-electron chi connectivity index (χ3n) is 7.42. The number of aromatic nitrogens is 1. The maximum atomic E-state index is 14.2. The highest BCUT2D eigenvalue weighted by Crippen LogP contribution is 2.38. The molecule has 2 heterocycles. The molecule has 0 unspecified atom stereocenters. The van der Waals surface area contributed by atoms with E-state index < -0.39 is 22.5 Å². The summed E-state index contributed by atoms with van der Waals surface area (Å²) in [4.78, 5) is 44.1. The molecule has 1 aromatic heterocycles. The van der Waals surface area contributed by atoms with Crippen LogP contribution in [0.4, 0.5) is 5.69 Å². The summed E-state index contributed by atoms with van der Waals surface area (Å²) in [6, 6.07) is 16.4. The monoisotopic (exact) mass is 673 g/mol. The fourth-order valence-corrected chi connectivity index (χ4v) is 6.34. The second-order valence-corrected chi connectivity index (χ2v) is 12.0. The second kappa shape index (κ2) is 14.6. The molecule has 250 valence electrons. The molecule has 1 atom stereocenters. The highest BCUT2D eigenvalue weighted by molar-refractivity contribution is 7.07. The lowest BCUT2D eigenvalue weighted by molar-refractivity contribution is -0.385. The van der Waals surface area contributed by atoms with Crippen molar-refractivity contribution in [2.75, 3.05) is 20.8 Å². The van der Waals surface area contributed by atoms with Crippen molar-refractivity contribution < 1.29 is 33.4 Å². The number of nitro groups is 1. The number of carbonyl (C=O) groups excluding carboxylic acids is 1. The molecule has 0 fully saturated rings. The molecule has 5 rings (SSSR count). The lowest BCUT2D eigenvalue weighted by Crippen LogP contribution is -2.40.